The molecule has 0 saturated carbocycles. The molecule has 1 aromatic carbocycles. The van der Waals surface area contributed by atoms with Crippen LogP contribution in [0.25, 0.3) is 0 Å². The van der Waals surface area contributed by atoms with Gasteiger partial charge in [-0.1, -0.05) is 76.1 Å². The molecule has 0 fully saturated rings. The van der Waals surface area contributed by atoms with Crippen molar-refractivity contribution in [3.05, 3.63) is 35.4 Å². The Bertz CT molecular complexity index is 385. The van der Waals surface area contributed by atoms with E-state index < -0.39 is 0 Å². The van der Waals surface area contributed by atoms with Gasteiger partial charge >= 0.3 is 0 Å². The van der Waals surface area contributed by atoms with Gasteiger partial charge in [-0.3, -0.25) is 0 Å². The lowest BCUT2D eigenvalue weighted by Gasteiger charge is -2.20. The van der Waals surface area contributed by atoms with E-state index in [1.54, 1.807) is 0 Å². The quantitative estimate of drug-likeness (QED) is 0.616. The SMILES string of the molecule is CCCCCCCCCC(N)C1CCc2ccccc21. The first-order valence-corrected chi connectivity index (χ1v) is 8.66. The van der Waals surface area contributed by atoms with Crippen molar-refractivity contribution in [3.63, 3.8) is 0 Å². The average Bonchev–Trinajstić information content (AvgIpc) is 2.90. The first-order valence-electron chi connectivity index (χ1n) is 8.66. The summed E-state index contributed by atoms with van der Waals surface area (Å²) in [6.07, 6.45) is 13.3. The molecule has 2 N–H and O–H groups in total. The Balaban J connectivity index is 1.65. The van der Waals surface area contributed by atoms with Gasteiger partial charge < -0.3 is 5.73 Å². The smallest absolute Gasteiger partial charge is 0.0108 e. The Labute approximate surface area is 125 Å². The number of nitrogens with two attached hydrogens (primary N) is 1. The molecule has 20 heavy (non-hydrogen) atoms. The second kappa shape index (κ2) is 8.46. The number of hydrogen-bond donors (Lipinski definition) is 1. The third-order valence-corrected chi connectivity index (χ3v) is 4.84. The van der Waals surface area contributed by atoms with E-state index in [0.717, 1.165) is 0 Å². The van der Waals surface area contributed by atoms with E-state index in [-0.39, 0.29) is 0 Å². The number of hydrogen-bond acceptors (Lipinski definition) is 1. The molecule has 0 aliphatic heterocycles. The molecule has 2 atom stereocenters. The molecule has 1 aliphatic carbocycles. The molecule has 0 amide bonds. The van der Waals surface area contributed by atoms with E-state index in [1.165, 1.54) is 75.3 Å². The van der Waals surface area contributed by atoms with E-state index in [4.69, 9.17) is 5.73 Å². The van der Waals surface area contributed by atoms with E-state index >= 15 is 0 Å². The normalized spacial score (nSPS) is 19.0. The molecule has 2 rings (SSSR count). The van der Waals surface area contributed by atoms with Crippen molar-refractivity contribution in [3.8, 4) is 0 Å². The summed E-state index contributed by atoms with van der Waals surface area (Å²) in [5, 5.41) is 0. The molecule has 1 aliphatic rings. The molecule has 0 aromatic heterocycles. The summed E-state index contributed by atoms with van der Waals surface area (Å²) in [5.41, 5.74) is 9.52. The number of fused-ring (bicyclic) bond motifs is 1. The molecule has 0 spiro atoms. The maximum Gasteiger partial charge on any atom is 0.0108 e. The van der Waals surface area contributed by atoms with Crippen molar-refractivity contribution in [2.45, 2.75) is 83.1 Å². The second-order valence-corrected chi connectivity index (χ2v) is 6.42. The summed E-state index contributed by atoms with van der Waals surface area (Å²) in [6, 6.07) is 9.25. The molecule has 2 unspecified atom stereocenters. The van der Waals surface area contributed by atoms with Crippen LogP contribution in [0.2, 0.25) is 0 Å². The summed E-state index contributed by atoms with van der Waals surface area (Å²) >= 11 is 0. The van der Waals surface area contributed by atoms with E-state index in [9.17, 15) is 0 Å². The number of benzene rings is 1. The fourth-order valence-corrected chi connectivity index (χ4v) is 3.57. The third-order valence-electron chi connectivity index (χ3n) is 4.84. The van der Waals surface area contributed by atoms with Crippen molar-refractivity contribution in [1.29, 1.82) is 0 Å². The van der Waals surface area contributed by atoms with Crippen LogP contribution in [-0.2, 0) is 6.42 Å². The summed E-state index contributed by atoms with van der Waals surface area (Å²) in [6.45, 7) is 2.28. The van der Waals surface area contributed by atoms with E-state index in [1.807, 2.05) is 0 Å². The van der Waals surface area contributed by atoms with Gasteiger partial charge in [0.15, 0.2) is 0 Å². The largest absolute Gasteiger partial charge is 0.327 e. The topological polar surface area (TPSA) is 26.0 Å². The maximum atomic E-state index is 6.46. The Morgan fingerprint density at radius 1 is 1.05 bits per heavy atom. The highest BCUT2D eigenvalue weighted by molar-refractivity contribution is 5.35. The Hall–Kier alpha value is -0.820. The highest BCUT2D eigenvalue weighted by atomic mass is 14.7. The zero-order chi connectivity index (χ0) is 14.2. The second-order valence-electron chi connectivity index (χ2n) is 6.42. The summed E-state index contributed by atoms with van der Waals surface area (Å²) in [4.78, 5) is 0. The predicted molar refractivity (Wildman–Crippen MR) is 88.1 cm³/mol. The molecule has 0 saturated heterocycles. The fraction of sp³-hybridized carbons (Fsp3) is 0.684. The predicted octanol–water partition coefficient (Wildman–Crippen LogP) is 5.18. The monoisotopic (exact) mass is 273 g/mol. The molecule has 0 heterocycles. The van der Waals surface area contributed by atoms with Crippen molar-refractivity contribution >= 4 is 0 Å². The van der Waals surface area contributed by atoms with Gasteiger partial charge in [-0.15, -0.1) is 0 Å². The minimum Gasteiger partial charge on any atom is -0.327 e. The number of aryl methyl sites for hydroxylation is 1. The summed E-state index contributed by atoms with van der Waals surface area (Å²) in [5.74, 6) is 0.617. The van der Waals surface area contributed by atoms with E-state index in [2.05, 4.69) is 31.2 Å². The van der Waals surface area contributed by atoms with Crippen LogP contribution in [0.1, 0.15) is 81.8 Å². The van der Waals surface area contributed by atoms with Crippen LogP contribution in [0.3, 0.4) is 0 Å². The summed E-state index contributed by atoms with van der Waals surface area (Å²) in [7, 11) is 0. The molecule has 112 valence electrons. The first-order chi connectivity index (χ1) is 9.83. The van der Waals surface area contributed by atoms with Crippen molar-refractivity contribution < 1.29 is 0 Å². The van der Waals surface area contributed by atoms with Crippen molar-refractivity contribution in [2.75, 3.05) is 0 Å². The number of rotatable bonds is 9. The van der Waals surface area contributed by atoms with Gasteiger partial charge in [0, 0.05) is 6.04 Å². The first kappa shape index (κ1) is 15.6. The van der Waals surface area contributed by atoms with Gasteiger partial charge in [0.1, 0.15) is 0 Å². The minimum atomic E-state index is 0.370. The highest BCUT2D eigenvalue weighted by Crippen LogP contribution is 2.35. The van der Waals surface area contributed by atoms with Gasteiger partial charge in [-0.2, -0.15) is 0 Å². The van der Waals surface area contributed by atoms with E-state index in [0.29, 0.717) is 12.0 Å². The zero-order valence-electron chi connectivity index (χ0n) is 13.1. The molecule has 1 nitrogen and oxygen atoms in total. The standard InChI is InChI=1S/C19H31N/c1-2-3-4-5-6-7-8-13-19(20)18-15-14-16-11-9-10-12-17(16)18/h9-12,18-19H,2-8,13-15,20H2,1H3. The Morgan fingerprint density at radius 3 is 2.55 bits per heavy atom. The van der Waals surface area contributed by atoms with Crippen molar-refractivity contribution in [2.24, 2.45) is 5.73 Å². The van der Waals surface area contributed by atoms with Crippen LogP contribution in [-0.4, -0.2) is 6.04 Å². The molecular formula is C19H31N. The molecular weight excluding hydrogens is 242 g/mol. The van der Waals surface area contributed by atoms with Crippen LogP contribution in [0.5, 0.6) is 0 Å². The third kappa shape index (κ3) is 4.34. The molecule has 0 bridgehead atoms. The minimum absolute atomic E-state index is 0.370. The van der Waals surface area contributed by atoms with Crippen LogP contribution < -0.4 is 5.73 Å². The Kier molecular flexibility index (Phi) is 6.59. The molecule has 1 aromatic rings. The lowest BCUT2D eigenvalue weighted by atomic mass is 9.90. The van der Waals surface area contributed by atoms with Crippen LogP contribution in [0, 0.1) is 0 Å². The van der Waals surface area contributed by atoms with Gasteiger partial charge in [0.25, 0.3) is 0 Å². The lowest BCUT2D eigenvalue weighted by Crippen LogP contribution is -2.27. The van der Waals surface area contributed by atoms with Crippen molar-refractivity contribution in [1.82, 2.24) is 0 Å². The van der Waals surface area contributed by atoms with Gasteiger partial charge in [0.05, 0.1) is 0 Å². The van der Waals surface area contributed by atoms with Gasteiger partial charge in [-0.25, -0.2) is 0 Å². The lowest BCUT2D eigenvalue weighted by molar-refractivity contribution is 0.465. The van der Waals surface area contributed by atoms with Crippen LogP contribution in [0.15, 0.2) is 24.3 Å². The summed E-state index contributed by atoms with van der Waals surface area (Å²) < 4.78 is 0. The Morgan fingerprint density at radius 2 is 1.75 bits per heavy atom. The number of unbranched alkanes of at least 4 members (excludes halogenated alkanes) is 6. The average molecular weight is 273 g/mol. The van der Waals surface area contributed by atoms with Crippen LogP contribution in [0.4, 0.5) is 0 Å². The molecule has 0 radical (unpaired) electrons. The van der Waals surface area contributed by atoms with Gasteiger partial charge in [0.2, 0.25) is 0 Å². The zero-order valence-corrected chi connectivity index (χ0v) is 13.1. The molecule has 1 heteroatoms. The van der Waals surface area contributed by atoms with Gasteiger partial charge in [-0.05, 0) is 36.3 Å². The maximum absolute atomic E-state index is 6.46. The highest BCUT2D eigenvalue weighted by Gasteiger charge is 2.26. The van der Waals surface area contributed by atoms with Crippen LogP contribution >= 0.6 is 0 Å². The fourth-order valence-electron chi connectivity index (χ4n) is 3.57.